The lowest BCUT2D eigenvalue weighted by Gasteiger charge is -2.29. The molecule has 0 aromatic carbocycles. The SMILES string of the molecule is CC(CO)(CO)C(=O)O.CCC(CO)(CO)C(=O)O.CO[N+](C)(C)CC(=O)[O-].CO[N+](C)(C)CC(=O)[O-].CO[N+](C)(C)CCCCS(=O)(=O)[O-].CO[N+](C)(C)CCCCS(=O)(=O)[O-].C[N+](C)(CCO)CC(=O)[O-].C[N+](C)(CCO)CCC(=O)[O-].C[N+](C)(CCO)CCCCS(=O)(=O)[O-].C[N+](C)(CCO)CCCS(=O)(=O)[O-]. The van der Waals surface area contributed by atoms with Gasteiger partial charge in [0.05, 0.1) is 272 Å². The van der Waals surface area contributed by atoms with Crippen LogP contribution in [0.3, 0.4) is 0 Å². The Morgan fingerprint density at radius 1 is 0.324 bits per heavy atom. The van der Waals surface area contributed by atoms with Gasteiger partial charge in [0, 0.05) is 54.7 Å². The van der Waals surface area contributed by atoms with E-state index in [0.717, 1.165) is 6.54 Å². The average molecular weight is 1720 g/mol. The van der Waals surface area contributed by atoms with Gasteiger partial charge in [0.15, 0.2) is 0 Å². The Hall–Kier alpha value is -4.34. The molecule has 0 aromatic heterocycles. The van der Waals surface area contributed by atoms with Crippen molar-refractivity contribution in [1.82, 2.24) is 0 Å². The number of likely N-dealkylation sites (N-methyl/N-ethyl adjacent to an activating group) is 6. The summed E-state index contributed by atoms with van der Waals surface area (Å²) in [6, 6.07) is 0. The number of carbonyl (C=O) groups is 6. The zero-order valence-electron chi connectivity index (χ0n) is 69.6. The first-order valence-corrected chi connectivity index (χ1v) is 40.7. The van der Waals surface area contributed by atoms with Gasteiger partial charge in [-0.3, -0.25) is 9.59 Å². The maximum atomic E-state index is 10.4. The van der Waals surface area contributed by atoms with Crippen LogP contribution in [-0.4, -0.2) is 471 Å². The average Bonchev–Trinajstić information content (AvgIpc) is 0.869. The molecule has 0 saturated carbocycles. The number of carboxylic acids is 6. The van der Waals surface area contributed by atoms with Crippen LogP contribution in [0, 0.1) is 10.8 Å². The third-order valence-corrected chi connectivity index (χ3v) is 18.6. The van der Waals surface area contributed by atoms with Gasteiger partial charge in [0.2, 0.25) is 0 Å². The van der Waals surface area contributed by atoms with E-state index in [4.69, 9.17) is 70.4 Å². The van der Waals surface area contributed by atoms with Crippen molar-refractivity contribution in [2.75, 3.05) is 296 Å². The quantitative estimate of drug-likeness (QED) is 0.0117. The number of unbranched alkanes of at least 4 members (excludes halogenated alkanes) is 3. The summed E-state index contributed by atoms with van der Waals surface area (Å²) in [5.41, 5.74) is -2.74. The Kier molecular flexibility index (Phi) is 73.3. The van der Waals surface area contributed by atoms with Crippen LogP contribution in [0.2, 0.25) is 0 Å². The fourth-order valence-electron chi connectivity index (χ4n) is 6.95. The Morgan fingerprint density at radius 2 is 0.568 bits per heavy atom. The van der Waals surface area contributed by atoms with Gasteiger partial charge >= 0.3 is 11.9 Å². The van der Waals surface area contributed by atoms with Crippen LogP contribution in [0.4, 0.5) is 0 Å². The zero-order valence-corrected chi connectivity index (χ0v) is 72.9. The number of aliphatic hydroxyl groups is 8. The normalized spacial score (nSPS) is 12.3. The summed E-state index contributed by atoms with van der Waals surface area (Å²) in [5.74, 6) is -7.84. The maximum Gasteiger partial charge on any atom is 0.314 e. The molecule has 0 saturated heterocycles. The summed E-state index contributed by atoms with van der Waals surface area (Å²) in [7, 11) is 18.7. The van der Waals surface area contributed by atoms with Crippen molar-refractivity contribution in [1.29, 1.82) is 0 Å². The molecular weight excluding hydrogens is 1570 g/mol. The first-order valence-electron chi connectivity index (χ1n) is 34.4. The topological polar surface area (TPSA) is 663 Å². The van der Waals surface area contributed by atoms with Crippen molar-refractivity contribution in [3.8, 4) is 0 Å². The van der Waals surface area contributed by atoms with E-state index >= 15 is 0 Å². The van der Waals surface area contributed by atoms with E-state index < -0.39 is 114 Å². The largest absolute Gasteiger partial charge is 0.748 e. The number of nitrogens with zero attached hydrogens (tertiary/aromatic N) is 8. The second-order valence-electron chi connectivity index (χ2n) is 29.8. The van der Waals surface area contributed by atoms with Crippen molar-refractivity contribution in [2.24, 2.45) is 10.8 Å². The molecule has 111 heavy (non-hydrogen) atoms. The number of quaternary nitrogens is 8. The fourth-order valence-corrected chi connectivity index (χ4v) is 9.11. The molecule has 0 aliphatic carbocycles. The molecule has 0 heterocycles. The lowest BCUT2D eigenvalue weighted by atomic mass is 9.87. The highest BCUT2D eigenvalue weighted by molar-refractivity contribution is 7.86. The van der Waals surface area contributed by atoms with Crippen molar-refractivity contribution < 1.29 is 208 Å². The summed E-state index contributed by atoms with van der Waals surface area (Å²) < 4.78 is 126. The van der Waals surface area contributed by atoms with Gasteiger partial charge in [-0.15, -0.1) is 0 Å². The minimum atomic E-state index is -4.08. The first kappa shape index (κ1) is 127. The van der Waals surface area contributed by atoms with Crippen molar-refractivity contribution >= 4 is 76.3 Å². The summed E-state index contributed by atoms with van der Waals surface area (Å²) >= 11 is 0. The van der Waals surface area contributed by atoms with E-state index in [1.165, 1.54) is 21.1 Å². The minimum Gasteiger partial charge on any atom is -0.748 e. The van der Waals surface area contributed by atoms with Crippen molar-refractivity contribution in [2.45, 2.75) is 71.6 Å². The van der Waals surface area contributed by atoms with Crippen LogP contribution in [0.5, 0.6) is 0 Å². The molecule has 0 spiro atoms. The molecule has 0 aromatic rings. The van der Waals surface area contributed by atoms with Gasteiger partial charge < -0.3 is 127 Å². The van der Waals surface area contributed by atoms with Gasteiger partial charge in [-0.25, -0.2) is 53.0 Å². The molecule has 674 valence electrons. The molecule has 0 amide bonds. The number of hydrogen-bond acceptors (Lipinski definition) is 34. The van der Waals surface area contributed by atoms with Gasteiger partial charge in [-0.05, 0) is 39.0 Å². The Balaban J connectivity index is -0.000000128. The highest BCUT2D eigenvalue weighted by atomic mass is 32.2. The zero-order chi connectivity index (χ0) is 90.6. The predicted octanol–water partition coefficient (Wildman–Crippen LogP) is -10.5. The van der Waals surface area contributed by atoms with E-state index in [1.54, 1.807) is 63.4 Å². The highest BCUT2D eigenvalue weighted by Gasteiger charge is 2.35. The summed E-state index contributed by atoms with van der Waals surface area (Å²) in [6.45, 7) is 6.21. The number of carbonyl (C=O) groups excluding carboxylic acids is 4. The smallest absolute Gasteiger partial charge is 0.314 e. The number of aliphatic carboxylic acids is 6. The summed E-state index contributed by atoms with van der Waals surface area (Å²) in [4.78, 5) is 80.3. The van der Waals surface area contributed by atoms with Gasteiger partial charge in [-0.2, -0.15) is 18.6 Å². The van der Waals surface area contributed by atoms with E-state index in [1.807, 2.05) is 70.5 Å². The first-order chi connectivity index (χ1) is 49.7. The molecular formula is C63H142N8O36S4. The number of rotatable bonds is 47. The third-order valence-electron chi connectivity index (χ3n) is 15.5. The van der Waals surface area contributed by atoms with Gasteiger partial charge in [-0.1, -0.05) is 6.92 Å². The van der Waals surface area contributed by atoms with Crippen LogP contribution < -0.4 is 20.4 Å². The number of hydroxylamine groups is 12. The van der Waals surface area contributed by atoms with Crippen LogP contribution in [-0.2, 0) is 88.6 Å². The predicted molar refractivity (Wildman–Crippen MR) is 391 cm³/mol. The lowest BCUT2D eigenvalue weighted by Crippen LogP contribution is -2.49. The molecule has 0 aliphatic rings. The highest BCUT2D eigenvalue weighted by Crippen LogP contribution is 2.20. The molecule has 10 N–H and O–H groups in total. The summed E-state index contributed by atoms with van der Waals surface area (Å²) in [6.07, 6.45) is 3.85. The van der Waals surface area contributed by atoms with Gasteiger partial charge in [0.25, 0.3) is 0 Å². The van der Waals surface area contributed by atoms with Crippen molar-refractivity contribution in [3.05, 3.63) is 0 Å². The Labute approximate surface area is 659 Å². The Morgan fingerprint density at radius 3 is 0.739 bits per heavy atom. The standard InChI is InChI=1S/C8H19NO4S.3C7H17NO4S.C7H15NO3.C6H13NO3.C6H12O4.2C5H11NO3.C5H10O4/c1-9(2,6-7-10)5-3-4-8-14(11,12)13;2*1-8(2,12-3)6-4-5-7-13(9,10)11;1-8(2,5-6-9)4-3-7-13(10,11)12;1-8(2,5-6-9)4-3-7(10)11;1-7(2,3-4-8)5-6(9)10;1-2-6(3-7,4-8)5(9)10;2*1-6(2,9-3)4-5(7)8;1-5(2-6,3-7)4(8)9/h10H,3-8H2,1-2H3;2*4-7H2,1-3H3;9H,3-7H2,1-2H3;9H,3-6H2,1-2H3;8H,3-5H2,1-2H3;7-8H,2-4H2,1H3,(H,9,10);2*4H2,1-3H3;6-7H,2-3H2,1H3,(H,8,9). The monoisotopic (exact) mass is 1710 g/mol. The van der Waals surface area contributed by atoms with E-state index in [-0.39, 0.29) is 95.7 Å². The van der Waals surface area contributed by atoms with Crippen molar-refractivity contribution in [3.63, 3.8) is 0 Å². The van der Waals surface area contributed by atoms with Crippen LogP contribution in [0.15, 0.2) is 0 Å². The molecule has 44 nitrogen and oxygen atoms in total. The van der Waals surface area contributed by atoms with E-state index in [2.05, 4.69) is 0 Å². The molecule has 0 bridgehead atoms. The fraction of sp³-hybridized carbons (Fsp3) is 0.905. The molecule has 0 rings (SSSR count). The van der Waals surface area contributed by atoms with Crippen LogP contribution in [0.25, 0.3) is 0 Å². The van der Waals surface area contributed by atoms with Crippen LogP contribution >= 0.6 is 0 Å². The minimum absolute atomic E-state index is 0.000278. The molecule has 0 radical (unpaired) electrons. The molecule has 0 unspecified atom stereocenters. The number of hydrogen-bond donors (Lipinski definition) is 10. The lowest BCUT2D eigenvalue weighted by molar-refractivity contribution is -1.07. The summed E-state index contributed by atoms with van der Waals surface area (Å²) in [5, 5.41) is 125. The van der Waals surface area contributed by atoms with Crippen LogP contribution in [0.1, 0.15) is 71.6 Å². The second kappa shape index (κ2) is 63.8. The van der Waals surface area contributed by atoms with Gasteiger partial charge in [0.1, 0.15) is 69.7 Å². The number of carboxylic acid groups (broad SMARTS) is 6. The van der Waals surface area contributed by atoms with E-state index in [9.17, 15) is 101 Å². The molecule has 48 heteroatoms. The molecule has 0 fully saturated rings. The molecule has 0 atom stereocenters. The third kappa shape index (κ3) is 99.8. The second-order valence-corrected chi connectivity index (χ2v) is 35.9. The van der Waals surface area contributed by atoms with E-state index in [0.29, 0.717) is 120 Å². The maximum absolute atomic E-state index is 10.4. The Bertz CT molecular complexity index is 2830. The molecule has 0 aliphatic heterocycles. The number of aliphatic hydroxyl groups excluding tert-OH is 8.